The molecule has 6 nitrogen and oxygen atoms in total. The molecule has 4 aromatic rings. The van der Waals surface area contributed by atoms with Crippen LogP contribution in [0, 0.1) is 0 Å². The van der Waals surface area contributed by atoms with Crippen molar-refractivity contribution in [1.29, 1.82) is 0 Å². The molecule has 1 aliphatic carbocycles. The first-order chi connectivity index (χ1) is 16.8. The molecule has 0 bridgehead atoms. The normalized spacial score (nSPS) is 14.3. The average Bonchev–Trinajstić information content (AvgIpc) is 3.38. The van der Waals surface area contributed by atoms with Crippen molar-refractivity contribution in [2.24, 2.45) is 0 Å². The number of hydrogen-bond acceptors (Lipinski definition) is 7. The van der Waals surface area contributed by atoms with E-state index in [0.29, 0.717) is 30.0 Å². The van der Waals surface area contributed by atoms with Gasteiger partial charge in [-0.2, -0.15) is 4.98 Å². The highest BCUT2D eigenvalue weighted by Gasteiger charge is 2.16. The second-order valence-corrected chi connectivity index (χ2v) is 9.44. The molecule has 5 rings (SSSR count). The maximum Gasteiger partial charge on any atom is 0.237 e. The van der Waals surface area contributed by atoms with Crippen LogP contribution in [0.4, 0.5) is 0 Å². The summed E-state index contributed by atoms with van der Waals surface area (Å²) in [6, 6.07) is 20.6. The van der Waals surface area contributed by atoms with Gasteiger partial charge in [0.05, 0.1) is 23.6 Å². The minimum Gasteiger partial charge on any atom is -0.493 e. The Labute approximate surface area is 204 Å². The van der Waals surface area contributed by atoms with Crippen molar-refractivity contribution in [3.8, 4) is 28.4 Å². The second-order valence-electron chi connectivity index (χ2n) is 8.44. The molecule has 0 amide bonds. The van der Waals surface area contributed by atoms with Crippen LogP contribution in [0.3, 0.4) is 0 Å². The Hall–Kier alpha value is -3.19. The van der Waals surface area contributed by atoms with Gasteiger partial charge in [0.25, 0.3) is 0 Å². The van der Waals surface area contributed by atoms with Gasteiger partial charge in [0.15, 0.2) is 0 Å². The molecule has 0 aliphatic heterocycles. The number of aromatic nitrogens is 4. The van der Waals surface area contributed by atoms with Crippen molar-refractivity contribution < 1.29 is 9.26 Å². The van der Waals surface area contributed by atoms with Crippen molar-refractivity contribution in [2.45, 2.75) is 55.7 Å². The van der Waals surface area contributed by atoms with Gasteiger partial charge in [-0.05, 0) is 55.5 Å². The summed E-state index contributed by atoms with van der Waals surface area (Å²) >= 11 is 1.52. The third kappa shape index (κ3) is 5.30. The minimum atomic E-state index is 0.522. The Balaban J connectivity index is 1.20. The maximum atomic E-state index is 5.67. The predicted molar refractivity (Wildman–Crippen MR) is 134 cm³/mol. The molecule has 0 saturated heterocycles. The van der Waals surface area contributed by atoms with Crippen molar-refractivity contribution in [1.82, 2.24) is 20.3 Å². The molecule has 1 saturated carbocycles. The molecule has 0 unspecified atom stereocenters. The number of hydrogen-bond donors (Lipinski definition) is 0. The fourth-order valence-electron chi connectivity index (χ4n) is 4.40. The maximum absolute atomic E-state index is 5.67. The van der Waals surface area contributed by atoms with E-state index in [1.165, 1.54) is 49.4 Å². The van der Waals surface area contributed by atoms with Crippen molar-refractivity contribution in [3.05, 3.63) is 72.1 Å². The van der Waals surface area contributed by atoms with E-state index in [-0.39, 0.29) is 0 Å². The Morgan fingerprint density at radius 2 is 1.76 bits per heavy atom. The molecule has 174 valence electrons. The van der Waals surface area contributed by atoms with Crippen LogP contribution in [0.25, 0.3) is 22.6 Å². The number of benzene rings is 2. The zero-order chi connectivity index (χ0) is 23.2. The Morgan fingerprint density at radius 3 is 2.53 bits per heavy atom. The Kier molecular flexibility index (Phi) is 7.19. The lowest BCUT2D eigenvalue weighted by molar-refractivity contribution is 0.341. The molecule has 2 aromatic carbocycles. The molecule has 0 N–H and O–H groups in total. The number of rotatable bonds is 8. The molecule has 34 heavy (non-hydrogen) atoms. The van der Waals surface area contributed by atoms with Crippen LogP contribution in [-0.2, 0) is 5.75 Å². The molecular formula is C27H28N4O2S. The van der Waals surface area contributed by atoms with Gasteiger partial charge in [0.1, 0.15) is 10.8 Å². The second kappa shape index (κ2) is 10.8. The van der Waals surface area contributed by atoms with Gasteiger partial charge in [0, 0.05) is 5.56 Å². The van der Waals surface area contributed by atoms with Crippen LogP contribution in [0.1, 0.15) is 56.4 Å². The van der Waals surface area contributed by atoms with E-state index in [1.807, 2.05) is 43.3 Å². The fourth-order valence-corrected chi connectivity index (χ4v) is 5.06. The van der Waals surface area contributed by atoms with Gasteiger partial charge in [-0.15, -0.1) is 10.2 Å². The molecule has 0 radical (unpaired) electrons. The lowest BCUT2D eigenvalue weighted by atomic mass is 9.84. The van der Waals surface area contributed by atoms with Crippen molar-refractivity contribution >= 4 is 11.8 Å². The summed E-state index contributed by atoms with van der Waals surface area (Å²) in [5.41, 5.74) is 4.25. The van der Waals surface area contributed by atoms with Gasteiger partial charge in [-0.1, -0.05) is 72.6 Å². The SMILES string of the molecule is CCOc1ccccc1-c1noc(CSc2ccc(-c3ccc(C4CCCCC4)cc3)nn2)n1. The summed E-state index contributed by atoms with van der Waals surface area (Å²) in [6.45, 7) is 2.53. The Bertz CT molecular complexity index is 1200. The summed E-state index contributed by atoms with van der Waals surface area (Å²) in [5.74, 6) is 3.05. The van der Waals surface area contributed by atoms with Crippen LogP contribution in [0.15, 0.2) is 70.2 Å². The van der Waals surface area contributed by atoms with E-state index in [9.17, 15) is 0 Å². The van der Waals surface area contributed by atoms with Crippen LogP contribution in [-0.4, -0.2) is 26.9 Å². The monoisotopic (exact) mass is 472 g/mol. The summed E-state index contributed by atoms with van der Waals surface area (Å²) in [6.07, 6.45) is 6.70. The van der Waals surface area contributed by atoms with Crippen LogP contribution in [0.5, 0.6) is 5.75 Å². The number of thioether (sulfide) groups is 1. The molecule has 7 heteroatoms. The van der Waals surface area contributed by atoms with E-state index in [1.54, 1.807) is 0 Å². The molecule has 1 aliphatic rings. The zero-order valence-corrected chi connectivity index (χ0v) is 20.1. The molecule has 0 atom stereocenters. The standard InChI is InChI=1S/C27H28N4O2S/c1-2-32-24-11-7-6-10-22(24)27-28-25(33-31-27)18-34-26-17-16-23(29-30-26)21-14-12-20(13-15-21)19-8-4-3-5-9-19/h6-7,10-17,19H,2-5,8-9,18H2,1H3. The first kappa shape index (κ1) is 22.6. The predicted octanol–water partition coefficient (Wildman–Crippen LogP) is 6.93. The van der Waals surface area contributed by atoms with Gasteiger partial charge in [-0.3, -0.25) is 0 Å². The van der Waals surface area contributed by atoms with Crippen molar-refractivity contribution in [3.63, 3.8) is 0 Å². The van der Waals surface area contributed by atoms with Crippen LogP contribution >= 0.6 is 11.8 Å². The van der Waals surface area contributed by atoms with Gasteiger partial charge in [0.2, 0.25) is 11.7 Å². The lowest BCUT2D eigenvalue weighted by Crippen LogP contribution is -2.04. The lowest BCUT2D eigenvalue weighted by Gasteiger charge is -2.22. The van der Waals surface area contributed by atoms with Crippen LogP contribution < -0.4 is 4.74 Å². The van der Waals surface area contributed by atoms with E-state index >= 15 is 0 Å². The highest BCUT2D eigenvalue weighted by atomic mass is 32.2. The molecule has 1 fully saturated rings. The molecule has 2 aromatic heterocycles. The summed E-state index contributed by atoms with van der Waals surface area (Å²) in [7, 11) is 0. The van der Waals surface area contributed by atoms with E-state index in [4.69, 9.17) is 9.26 Å². The highest BCUT2D eigenvalue weighted by Crippen LogP contribution is 2.33. The van der Waals surface area contributed by atoms with Crippen molar-refractivity contribution in [2.75, 3.05) is 6.61 Å². The summed E-state index contributed by atoms with van der Waals surface area (Å²) < 4.78 is 11.1. The third-order valence-corrected chi connectivity index (χ3v) is 7.07. The minimum absolute atomic E-state index is 0.522. The Morgan fingerprint density at radius 1 is 0.941 bits per heavy atom. The van der Waals surface area contributed by atoms with E-state index < -0.39 is 0 Å². The first-order valence-corrected chi connectivity index (χ1v) is 12.9. The van der Waals surface area contributed by atoms with Gasteiger partial charge in [-0.25, -0.2) is 0 Å². The van der Waals surface area contributed by atoms with Gasteiger partial charge >= 0.3 is 0 Å². The first-order valence-electron chi connectivity index (χ1n) is 11.9. The van der Waals surface area contributed by atoms with E-state index in [0.717, 1.165) is 27.6 Å². The highest BCUT2D eigenvalue weighted by molar-refractivity contribution is 7.98. The average molecular weight is 473 g/mol. The smallest absolute Gasteiger partial charge is 0.237 e. The fraction of sp³-hybridized carbons (Fsp3) is 0.333. The molecular weight excluding hydrogens is 444 g/mol. The topological polar surface area (TPSA) is 73.9 Å². The summed E-state index contributed by atoms with van der Waals surface area (Å²) in [4.78, 5) is 4.52. The zero-order valence-electron chi connectivity index (χ0n) is 19.3. The molecule has 0 spiro atoms. The quantitative estimate of drug-likeness (QED) is 0.257. The van der Waals surface area contributed by atoms with Gasteiger partial charge < -0.3 is 9.26 Å². The van der Waals surface area contributed by atoms with Crippen LogP contribution in [0.2, 0.25) is 0 Å². The van der Waals surface area contributed by atoms with E-state index in [2.05, 4.69) is 44.6 Å². The third-order valence-electron chi connectivity index (χ3n) is 6.16. The number of ether oxygens (including phenoxy) is 1. The number of para-hydroxylation sites is 1. The largest absolute Gasteiger partial charge is 0.493 e. The molecule has 2 heterocycles. The summed E-state index contributed by atoms with van der Waals surface area (Å²) in [5, 5.41) is 13.8. The number of nitrogens with zero attached hydrogens (tertiary/aromatic N) is 4.